The van der Waals surface area contributed by atoms with Gasteiger partial charge in [-0.05, 0) is 44.4 Å². The van der Waals surface area contributed by atoms with Gasteiger partial charge in [-0.25, -0.2) is 0 Å². The topological polar surface area (TPSA) is 84.2 Å². The maximum Gasteiger partial charge on any atom is 0.251 e. The molecule has 5 nitrogen and oxygen atoms in total. The lowest BCUT2D eigenvalue weighted by molar-refractivity contribution is -0.123. The maximum absolute atomic E-state index is 12.3. The second-order valence-corrected chi connectivity index (χ2v) is 6.87. The number of thioether (sulfide) groups is 1. The highest BCUT2D eigenvalue weighted by molar-refractivity contribution is 7.98. The molecule has 0 saturated carbocycles. The van der Waals surface area contributed by atoms with E-state index < -0.39 is 11.6 Å². The van der Waals surface area contributed by atoms with Crippen molar-refractivity contribution in [3.8, 4) is 0 Å². The average molecular weight is 360 g/mol. The molecule has 0 aliphatic carbocycles. The van der Waals surface area contributed by atoms with Crippen molar-refractivity contribution in [3.05, 3.63) is 35.9 Å². The van der Waals surface area contributed by atoms with Crippen LogP contribution in [0.3, 0.4) is 0 Å². The van der Waals surface area contributed by atoms with Crippen LogP contribution in [0.2, 0.25) is 0 Å². The van der Waals surface area contributed by atoms with Crippen LogP contribution in [0.15, 0.2) is 30.3 Å². The summed E-state index contributed by atoms with van der Waals surface area (Å²) in [5, 5.41) is 5.60. The van der Waals surface area contributed by atoms with E-state index in [9.17, 15) is 9.59 Å². The molecule has 0 saturated heterocycles. The first-order chi connectivity index (χ1) is 10.3. The summed E-state index contributed by atoms with van der Waals surface area (Å²) in [6, 6.07) is 8.33. The minimum Gasteiger partial charge on any atom is -0.352 e. The van der Waals surface area contributed by atoms with Gasteiger partial charge in [0.15, 0.2) is 0 Å². The first kappa shape index (κ1) is 21.8. The molecule has 7 heteroatoms. The molecular weight excluding hydrogens is 334 g/mol. The van der Waals surface area contributed by atoms with Crippen molar-refractivity contribution >= 4 is 36.0 Å². The molecule has 0 aliphatic rings. The SMILES string of the molecule is CSCCC(NC(=O)c1ccccc1)C(=O)NCC(C)(C)N.Cl. The number of rotatable bonds is 8. The van der Waals surface area contributed by atoms with E-state index in [1.165, 1.54) is 0 Å². The number of hydrogen-bond acceptors (Lipinski definition) is 4. The summed E-state index contributed by atoms with van der Waals surface area (Å²) in [5.74, 6) is 0.352. The fourth-order valence-electron chi connectivity index (χ4n) is 1.77. The zero-order valence-corrected chi connectivity index (χ0v) is 15.4. The Kier molecular flexibility index (Phi) is 9.95. The van der Waals surface area contributed by atoms with Crippen molar-refractivity contribution in [2.45, 2.75) is 31.8 Å². The monoisotopic (exact) mass is 359 g/mol. The number of benzene rings is 1. The molecule has 23 heavy (non-hydrogen) atoms. The predicted octanol–water partition coefficient (Wildman–Crippen LogP) is 1.81. The number of nitrogens with two attached hydrogens (primary N) is 1. The van der Waals surface area contributed by atoms with Crippen molar-refractivity contribution in [2.24, 2.45) is 5.73 Å². The minimum atomic E-state index is -0.553. The molecule has 0 fully saturated rings. The van der Waals surface area contributed by atoms with E-state index in [1.54, 1.807) is 36.0 Å². The molecule has 2 amide bonds. The minimum absolute atomic E-state index is 0. The van der Waals surface area contributed by atoms with Crippen molar-refractivity contribution in [1.29, 1.82) is 0 Å². The van der Waals surface area contributed by atoms with Gasteiger partial charge < -0.3 is 16.4 Å². The lowest BCUT2D eigenvalue weighted by atomic mass is 10.1. The van der Waals surface area contributed by atoms with Gasteiger partial charge >= 0.3 is 0 Å². The van der Waals surface area contributed by atoms with Gasteiger partial charge in [0.1, 0.15) is 6.04 Å². The molecule has 1 atom stereocenters. The van der Waals surface area contributed by atoms with Crippen LogP contribution in [-0.4, -0.2) is 41.9 Å². The van der Waals surface area contributed by atoms with Gasteiger partial charge in [0.2, 0.25) is 5.91 Å². The van der Waals surface area contributed by atoms with Crippen LogP contribution in [0.4, 0.5) is 0 Å². The molecule has 1 aromatic carbocycles. The smallest absolute Gasteiger partial charge is 0.251 e. The highest BCUT2D eigenvalue weighted by atomic mass is 35.5. The van der Waals surface area contributed by atoms with Gasteiger partial charge in [-0.3, -0.25) is 9.59 Å². The summed E-state index contributed by atoms with van der Waals surface area (Å²) >= 11 is 1.64. The molecule has 130 valence electrons. The van der Waals surface area contributed by atoms with E-state index in [0.717, 1.165) is 5.75 Å². The Morgan fingerprint density at radius 3 is 2.39 bits per heavy atom. The third-order valence-corrected chi connectivity index (χ3v) is 3.63. The van der Waals surface area contributed by atoms with Gasteiger partial charge in [-0.15, -0.1) is 12.4 Å². The largest absolute Gasteiger partial charge is 0.352 e. The standard InChI is InChI=1S/C16H25N3O2S.ClH/c1-16(2,17)11-18-15(21)13(9-10-22-3)19-14(20)12-7-5-4-6-8-12;/h4-8,13H,9-11,17H2,1-3H3,(H,18,21)(H,19,20);1H. The molecule has 0 aliphatic heterocycles. The van der Waals surface area contributed by atoms with Crippen molar-refractivity contribution in [1.82, 2.24) is 10.6 Å². The van der Waals surface area contributed by atoms with Crippen molar-refractivity contribution in [3.63, 3.8) is 0 Å². The Morgan fingerprint density at radius 1 is 1.26 bits per heavy atom. The Hall–Kier alpha value is -1.24. The molecule has 0 aromatic heterocycles. The summed E-state index contributed by atoms with van der Waals surface area (Å²) in [4.78, 5) is 24.5. The zero-order chi connectivity index (χ0) is 16.6. The molecule has 0 spiro atoms. The molecule has 0 bridgehead atoms. The predicted molar refractivity (Wildman–Crippen MR) is 99.2 cm³/mol. The number of amides is 2. The van der Waals surface area contributed by atoms with Crippen LogP contribution in [0.1, 0.15) is 30.6 Å². The van der Waals surface area contributed by atoms with E-state index in [-0.39, 0.29) is 24.2 Å². The van der Waals surface area contributed by atoms with Gasteiger partial charge in [-0.1, -0.05) is 18.2 Å². The van der Waals surface area contributed by atoms with E-state index in [4.69, 9.17) is 5.73 Å². The first-order valence-electron chi connectivity index (χ1n) is 7.25. The number of nitrogens with one attached hydrogen (secondary N) is 2. The quantitative estimate of drug-likeness (QED) is 0.661. The second kappa shape index (κ2) is 10.5. The number of carbonyl (C=O) groups is 2. The summed E-state index contributed by atoms with van der Waals surface area (Å²) in [5.41, 5.74) is 5.93. The average Bonchev–Trinajstić information content (AvgIpc) is 2.49. The number of hydrogen-bond donors (Lipinski definition) is 3. The first-order valence-corrected chi connectivity index (χ1v) is 8.64. The zero-order valence-electron chi connectivity index (χ0n) is 13.8. The fourth-order valence-corrected chi connectivity index (χ4v) is 2.25. The van der Waals surface area contributed by atoms with Gasteiger partial charge in [-0.2, -0.15) is 11.8 Å². The van der Waals surface area contributed by atoms with Crippen LogP contribution < -0.4 is 16.4 Å². The fraction of sp³-hybridized carbons (Fsp3) is 0.500. The van der Waals surface area contributed by atoms with E-state index in [0.29, 0.717) is 18.5 Å². The highest BCUT2D eigenvalue weighted by Crippen LogP contribution is 2.05. The second-order valence-electron chi connectivity index (χ2n) is 5.88. The van der Waals surface area contributed by atoms with Crippen LogP contribution >= 0.6 is 24.2 Å². The van der Waals surface area contributed by atoms with E-state index in [2.05, 4.69) is 10.6 Å². The number of halogens is 1. The van der Waals surface area contributed by atoms with Gasteiger partial charge in [0, 0.05) is 17.6 Å². The van der Waals surface area contributed by atoms with Crippen LogP contribution in [-0.2, 0) is 4.79 Å². The Labute approximate surface area is 148 Å². The third kappa shape index (κ3) is 8.83. The van der Waals surface area contributed by atoms with Crippen LogP contribution in [0, 0.1) is 0 Å². The van der Waals surface area contributed by atoms with Gasteiger partial charge in [0.25, 0.3) is 5.91 Å². The van der Waals surface area contributed by atoms with E-state index in [1.807, 2.05) is 26.2 Å². The Morgan fingerprint density at radius 2 is 1.87 bits per heavy atom. The Bertz CT molecular complexity index is 492. The molecule has 0 heterocycles. The normalized spacial score (nSPS) is 12.0. The maximum atomic E-state index is 12.3. The number of carbonyl (C=O) groups excluding carboxylic acids is 2. The van der Waals surface area contributed by atoms with Crippen LogP contribution in [0.5, 0.6) is 0 Å². The van der Waals surface area contributed by atoms with Crippen LogP contribution in [0.25, 0.3) is 0 Å². The summed E-state index contributed by atoms with van der Waals surface area (Å²) in [6.07, 6.45) is 2.55. The lowest BCUT2D eigenvalue weighted by Crippen LogP contribution is -2.52. The van der Waals surface area contributed by atoms with Crippen molar-refractivity contribution < 1.29 is 9.59 Å². The molecule has 1 unspecified atom stereocenters. The molecule has 1 rings (SSSR count). The van der Waals surface area contributed by atoms with E-state index >= 15 is 0 Å². The highest BCUT2D eigenvalue weighted by Gasteiger charge is 2.22. The molecular formula is C16H26ClN3O2S. The van der Waals surface area contributed by atoms with Crippen molar-refractivity contribution in [2.75, 3.05) is 18.6 Å². The summed E-state index contributed by atoms with van der Waals surface area (Å²) in [6.45, 7) is 4.04. The molecule has 1 aromatic rings. The molecule has 4 N–H and O–H groups in total. The Balaban J connectivity index is 0.00000484. The molecule has 0 radical (unpaired) electrons. The summed E-state index contributed by atoms with van der Waals surface area (Å²) in [7, 11) is 0. The third-order valence-electron chi connectivity index (χ3n) is 2.99. The summed E-state index contributed by atoms with van der Waals surface area (Å²) < 4.78 is 0. The van der Waals surface area contributed by atoms with Gasteiger partial charge in [0.05, 0.1) is 0 Å². The lowest BCUT2D eigenvalue weighted by Gasteiger charge is -2.23.